The minimum absolute atomic E-state index is 0.173. The number of hydrogen-bond acceptors (Lipinski definition) is 5. The summed E-state index contributed by atoms with van der Waals surface area (Å²) in [6.07, 6.45) is 0. The maximum Gasteiger partial charge on any atom is 0.266 e. The van der Waals surface area contributed by atoms with Crippen LogP contribution in [0.1, 0.15) is 15.2 Å². The molecule has 100 valence electrons. The molecule has 0 atom stereocenters. The minimum atomic E-state index is -0.173. The first-order chi connectivity index (χ1) is 9.15. The lowest BCUT2D eigenvalue weighted by molar-refractivity contribution is 0.102. The Morgan fingerprint density at radius 3 is 2.74 bits per heavy atom. The Morgan fingerprint density at radius 2 is 2.11 bits per heavy atom. The summed E-state index contributed by atoms with van der Waals surface area (Å²) in [6, 6.07) is 9.11. The van der Waals surface area contributed by atoms with Gasteiger partial charge in [0, 0.05) is 0 Å². The molecular weight excluding hydrogens is 262 g/mol. The highest BCUT2D eigenvalue weighted by Crippen LogP contribution is 2.28. The van der Waals surface area contributed by atoms with Gasteiger partial charge in [-0.2, -0.15) is 0 Å². The molecule has 0 aliphatic heterocycles. The lowest BCUT2D eigenvalue weighted by Crippen LogP contribution is -2.12. The Balaban J connectivity index is 2.23. The van der Waals surface area contributed by atoms with Gasteiger partial charge in [-0.25, -0.2) is 5.84 Å². The smallest absolute Gasteiger partial charge is 0.266 e. The predicted octanol–water partition coefficient (Wildman–Crippen LogP) is 2.60. The summed E-state index contributed by atoms with van der Waals surface area (Å²) in [4.78, 5) is 12.8. The number of para-hydroxylation sites is 2. The highest BCUT2D eigenvalue weighted by molar-refractivity contribution is 7.18. The van der Waals surface area contributed by atoms with Crippen molar-refractivity contribution in [1.29, 1.82) is 0 Å². The van der Waals surface area contributed by atoms with Gasteiger partial charge in [-0.05, 0) is 30.7 Å². The molecule has 0 radical (unpaired) electrons. The quantitative estimate of drug-likeness (QED) is 0.593. The third-order valence-electron chi connectivity index (χ3n) is 2.62. The maximum absolute atomic E-state index is 12.2. The van der Waals surface area contributed by atoms with E-state index in [4.69, 9.17) is 10.6 Å². The number of anilines is 2. The number of amides is 1. The average molecular weight is 277 g/mol. The van der Waals surface area contributed by atoms with Crippen LogP contribution < -0.4 is 21.3 Å². The van der Waals surface area contributed by atoms with Crippen LogP contribution >= 0.6 is 11.3 Å². The Kier molecular flexibility index (Phi) is 4.03. The predicted molar refractivity (Wildman–Crippen MR) is 77.8 cm³/mol. The standard InChI is InChI=1S/C13H15N3O2S/c1-8-7-11(16-14)19-12(8)13(17)15-9-5-3-4-6-10(9)18-2/h3-7,16H,14H2,1-2H3,(H,15,17). The van der Waals surface area contributed by atoms with Crippen molar-refractivity contribution in [3.63, 3.8) is 0 Å². The maximum atomic E-state index is 12.2. The molecule has 0 aliphatic rings. The fourth-order valence-corrected chi connectivity index (χ4v) is 2.58. The zero-order valence-electron chi connectivity index (χ0n) is 10.7. The van der Waals surface area contributed by atoms with E-state index >= 15 is 0 Å². The first-order valence-corrected chi connectivity index (χ1v) is 6.48. The molecule has 1 aromatic heterocycles. The van der Waals surface area contributed by atoms with Crippen molar-refractivity contribution in [2.75, 3.05) is 17.9 Å². The summed E-state index contributed by atoms with van der Waals surface area (Å²) >= 11 is 1.31. The van der Waals surface area contributed by atoms with E-state index < -0.39 is 0 Å². The third-order valence-corrected chi connectivity index (χ3v) is 3.79. The molecule has 6 heteroatoms. The number of aryl methyl sites for hydroxylation is 1. The lowest BCUT2D eigenvalue weighted by atomic mass is 10.2. The molecule has 0 unspecified atom stereocenters. The summed E-state index contributed by atoms with van der Waals surface area (Å²) in [5.74, 6) is 5.79. The fourth-order valence-electron chi connectivity index (χ4n) is 1.71. The van der Waals surface area contributed by atoms with E-state index in [-0.39, 0.29) is 5.91 Å². The number of ether oxygens (including phenoxy) is 1. The van der Waals surface area contributed by atoms with Crippen LogP contribution in [0.3, 0.4) is 0 Å². The van der Waals surface area contributed by atoms with E-state index in [9.17, 15) is 4.79 Å². The molecule has 5 nitrogen and oxygen atoms in total. The van der Waals surface area contributed by atoms with E-state index in [1.807, 2.05) is 25.1 Å². The number of nitrogens with two attached hydrogens (primary N) is 1. The molecule has 1 amide bonds. The molecule has 4 N–H and O–H groups in total. The van der Waals surface area contributed by atoms with Gasteiger partial charge < -0.3 is 15.5 Å². The Bertz CT molecular complexity index is 595. The van der Waals surface area contributed by atoms with Gasteiger partial charge in [-0.3, -0.25) is 4.79 Å². The van der Waals surface area contributed by atoms with Crippen molar-refractivity contribution >= 4 is 27.9 Å². The zero-order chi connectivity index (χ0) is 13.8. The Morgan fingerprint density at radius 1 is 1.37 bits per heavy atom. The molecule has 0 aliphatic carbocycles. The molecule has 19 heavy (non-hydrogen) atoms. The lowest BCUT2D eigenvalue weighted by Gasteiger charge is -2.09. The fraction of sp³-hybridized carbons (Fsp3) is 0.154. The van der Waals surface area contributed by atoms with Crippen molar-refractivity contribution in [1.82, 2.24) is 0 Å². The third kappa shape index (κ3) is 2.86. The molecule has 0 saturated carbocycles. The van der Waals surface area contributed by atoms with Crippen LogP contribution in [0, 0.1) is 6.92 Å². The Labute approximate surface area is 115 Å². The van der Waals surface area contributed by atoms with E-state index in [2.05, 4.69) is 10.7 Å². The number of nitrogen functional groups attached to an aromatic ring is 1. The van der Waals surface area contributed by atoms with E-state index in [0.29, 0.717) is 16.3 Å². The largest absolute Gasteiger partial charge is 0.495 e. The molecule has 0 fully saturated rings. The molecule has 1 aromatic carbocycles. The second kappa shape index (κ2) is 5.73. The van der Waals surface area contributed by atoms with E-state index in [0.717, 1.165) is 10.6 Å². The second-order valence-electron chi connectivity index (χ2n) is 3.92. The number of hydrogen-bond donors (Lipinski definition) is 3. The van der Waals surface area contributed by atoms with Gasteiger partial charge in [0.15, 0.2) is 0 Å². The number of carbonyl (C=O) groups excluding carboxylic acids is 1. The second-order valence-corrected chi connectivity index (χ2v) is 4.97. The SMILES string of the molecule is COc1ccccc1NC(=O)c1sc(NN)cc1C. The van der Waals surface area contributed by atoms with Crippen molar-refractivity contribution in [2.24, 2.45) is 5.84 Å². The van der Waals surface area contributed by atoms with Gasteiger partial charge in [0.1, 0.15) is 10.8 Å². The molecule has 2 rings (SSSR count). The monoisotopic (exact) mass is 277 g/mol. The number of rotatable bonds is 4. The highest BCUT2D eigenvalue weighted by Gasteiger charge is 2.15. The van der Waals surface area contributed by atoms with Crippen LogP contribution in [0.4, 0.5) is 10.7 Å². The van der Waals surface area contributed by atoms with Crippen molar-refractivity contribution in [2.45, 2.75) is 6.92 Å². The van der Waals surface area contributed by atoms with Crippen LogP contribution in [0.15, 0.2) is 30.3 Å². The number of nitrogens with one attached hydrogen (secondary N) is 2. The van der Waals surface area contributed by atoms with Gasteiger partial charge >= 0.3 is 0 Å². The topological polar surface area (TPSA) is 76.4 Å². The molecular formula is C13H15N3O2S. The average Bonchev–Trinajstić information content (AvgIpc) is 2.80. The molecule has 0 bridgehead atoms. The summed E-state index contributed by atoms with van der Waals surface area (Å²) in [7, 11) is 1.57. The highest BCUT2D eigenvalue weighted by atomic mass is 32.1. The number of thiophene rings is 1. The summed E-state index contributed by atoms with van der Waals surface area (Å²) in [5, 5.41) is 3.59. The van der Waals surface area contributed by atoms with Crippen LogP contribution in [0.2, 0.25) is 0 Å². The van der Waals surface area contributed by atoms with Crippen molar-refractivity contribution in [3.05, 3.63) is 40.8 Å². The van der Waals surface area contributed by atoms with Gasteiger partial charge in [-0.15, -0.1) is 11.3 Å². The summed E-state index contributed by atoms with van der Waals surface area (Å²) in [5.41, 5.74) is 4.07. The van der Waals surface area contributed by atoms with Crippen LogP contribution in [-0.4, -0.2) is 13.0 Å². The minimum Gasteiger partial charge on any atom is -0.495 e. The van der Waals surface area contributed by atoms with E-state index in [1.54, 1.807) is 19.2 Å². The molecule has 0 spiro atoms. The number of carbonyl (C=O) groups is 1. The zero-order valence-corrected chi connectivity index (χ0v) is 11.5. The normalized spacial score (nSPS) is 10.1. The molecule has 0 saturated heterocycles. The van der Waals surface area contributed by atoms with Crippen molar-refractivity contribution < 1.29 is 9.53 Å². The first kappa shape index (κ1) is 13.4. The van der Waals surface area contributed by atoms with Gasteiger partial charge in [-0.1, -0.05) is 12.1 Å². The number of methoxy groups -OCH3 is 1. The number of hydrazine groups is 1. The Hall–Kier alpha value is -2.05. The van der Waals surface area contributed by atoms with Gasteiger partial charge in [0.05, 0.1) is 17.7 Å². The van der Waals surface area contributed by atoms with Crippen LogP contribution in [0.5, 0.6) is 5.75 Å². The van der Waals surface area contributed by atoms with Crippen LogP contribution in [-0.2, 0) is 0 Å². The molecule has 2 aromatic rings. The first-order valence-electron chi connectivity index (χ1n) is 5.67. The van der Waals surface area contributed by atoms with Gasteiger partial charge in [0.2, 0.25) is 0 Å². The summed E-state index contributed by atoms with van der Waals surface area (Å²) in [6.45, 7) is 1.87. The summed E-state index contributed by atoms with van der Waals surface area (Å²) < 4.78 is 5.20. The van der Waals surface area contributed by atoms with Crippen molar-refractivity contribution in [3.8, 4) is 5.75 Å². The van der Waals surface area contributed by atoms with Crippen LogP contribution in [0.25, 0.3) is 0 Å². The molecule has 1 heterocycles. The number of benzene rings is 1. The van der Waals surface area contributed by atoms with E-state index in [1.165, 1.54) is 11.3 Å². The van der Waals surface area contributed by atoms with Gasteiger partial charge in [0.25, 0.3) is 5.91 Å².